The highest BCUT2D eigenvalue weighted by molar-refractivity contribution is 6.08. The van der Waals surface area contributed by atoms with Gasteiger partial charge in [-0.1, -0.05) is 42.5 Å². The molecule has 1 heterocycles. The highest BCUT2D eigenvalue weighted by atomic mass is 16.5. The number of methoxy groups -OCH3 is 1. The maximum atomic E-state index is 12.8. The van der Waals surface area contributed by atoms with Gasteiger partial charge in [-0.2, -0.15) is 0 Å². The van der Waals surface area contributed by atoms with E-state index in [1.54, 1.807) is 12.0 Å². The fourth-order valence-electron chi connectivity index (χ4n) is 3.71. The Hall–Kier alpha value is -3.34. The average molecular weight is 374 g/mol. The molecule has 1 N–H and O–H groups in total. The number of anilines is 2. The Balaban J connectivity index is 1.56. The average Bonchev–Trinajstić information content (AvgIpc) is 3.09. The number of rotatable bonds is 4. The van der Waals surface area contributed by atoms with Gasteiger partial charge in [0, 0.05) is 18.4 Å². The second-order valence-corrected chi connectivity index (χ2v) is 7.10. The van der Waals surface area contributed by atoms with Crippen molar-refractivity contribution in [3.8, 4) is 5.75 Å². The molecule has 1 aliphatic heterocycles. The largest absolute Gasteiger partial charge is 0.495 e. The second-order valence-electron chi connectivity index (χ2n) is 7.10. The van der Waals surface area contributed by atoms with Gasteiger partial charge in [0.05, 0.1) is 24.4 Å². The molecule has 0 radical (unpaired) electrons. The maximum absolute atomic E-state index is 12.8. The van der Waals surface area contributed by atoms with Gasteiger partial charge in [-0.05, 0) is 36.1 Å². The van der Waals surface area contributed by atoms with Gasteiger partial charge in [-0.15, -0.1) is 0 Å². The third kappa shape index (κ3) is 3.31. The number of nitrogens with zero attached hydrogens (tertiary/aromatic N) is 1. The molecule has 142 valence electrons. The van der Waals surface area contributed by atoms with E-state index >= 15 is 0 Å². The fourth-order valence-corrected chi connectivity index (χ4v) is 3.71. The highest BCUT2D eigenvalue weighted by Gasteiger charge is 2.36. The Morgan fingerprint density at radius 3 is 2.71 bits per heavy atom. The Kier molecular flexibility index (Phi) is 4.74. The summed E-state index contributed by atoms with van der Waals surface area (Å²) in [7, 11) is 1.57. The Labute approximate surface area is 163 Å². The Morgan fingerprint density at radius 2 is 1.89 bits per heavy atom. The normalized spacial score (nSPS) is 16.4. The molecule has 0 bridgehead atoms. The number of benzene rings is 3. The molecular weight excluding hydrogens is 352 g/mol. The lowest BCUT2D eigenvalue weighted by atomic mass is 10.1. The number of amides is 2. The van der Waals surface area contributed by atoms with Gasteiger partial charge in [0.25, 0.3) is 0 Å². The number of ether oxygens (including phenoxy) is 1. The SMILES string of the molecule is COc1ccc(C)cc1NC(=O)C1CC(=O)N(c2cccc3ccccc23)C1. The summed E-state index contributed by atoms with van der Waals surface area (Å²) in [6.45, 7) is 2.32. The number of hydrogen-bond acceptors (Lipinski definition) is 3. The molecule has 5 nitrogen and oxygen atoms in total. The predicted octanol–water partition coefficient (Wildman–Crippen LogP) is 4.15. The molecule has 4 rings (SSSR count). The lowest BCUT2D eigenvalue weighted by molar-refractivity contribution is -0.122. The third-order valence-electron chi connectivity index (χ3n) is 5.17. The van der Waals surface area contributed by atoms with E-state index in [4.69, 9.17) is 4.74 Å². The van der Waals surface area contributed by atoms with Crippen molar-refractivity contribution in [3.63, 3.8) is 0 Å². The molecule has 1 fully saturated rings. The predicted molar refractivity (Wildman–Crippen MR) is 111 cm³/mol. The van der Waals surface area contributed by atoms with E-state index in [0.29, 0.717) is 18.0 Å². The third-order valence-corrected chi connectivity index (χ3v) is 5.17. The molecule has 5 heteroatoms. The minimum Gasteiger partial charge on any atom is -0.495 e. The van der Waals surface area contributed by atoms with Crippen molar-refractivity contribution in [1.29, 1.82) is 0 Å². The smallest absolute Gasteiger partial charge is 0.229 e. The zero-order valence-electron chi connectivity index (χ0n) is 15.9. The van der Waals surface area contributed by atoms with Gasteiger partial charge in [-0.3, -0.25) is 9.59 Å². The summed E-state index contributed by atoms with van der Waals surface area (Å²) < 4.78 is 5.33. The van der Waals surface area contributed by atoms with E-state index in [-0.39, 0.29) is 18.2 Å². The van der Waals surface area contributed by atoms with E-state index in [1.165, 1.54) is 0 Å². The Bertz CT molecular complexity index is 1060. The molecule has 0 aromatic heterocycles. The minimum absolute atomic E-state index is 0.0345. The van der Waals surface area contributed by atoms with Crippen molar-refractivity contribution >= 4 is 34.0 Å². The molecule has 3 aromatic carbocycles. The zero-order chi connectivity index (χ0) is 19.7. The summed E-state index contributed by atoms with van der Waals surface area (Å²) in [4.78, 5) is 27.2. The van der Waals surface area contributed by atoms with Crippen LogP contribution in [0.5, 0.6) is 5.75 Å². The van der Waals surface area contributed by atoms with Crippen LogP contribution in [-0.4, -0.2) is 25.5 Å². The van der Waals surface area contributed by atoms with Gasteiger partial charge in [-0.25, -0.2) is 0 Å². The van der Waals surface area contributed by atoms with Gasteiger partial charge in [0.2, 0.25) is 11.8 Å². The van der Waals surface area contributed by atoms with Crippen LogP contribution in [0.2, 0.25) is 0 Å². The first-order valence-corrected chi connectivity index (χ1v) is 9.30. The van der Waals surface area contributed by atoms with E-state index in [0.717, 1.165) is 22.0 Å². The summed E-state index contributed by atoms with van der Waals surface area (Å²) in [5.74, 6) is -0.00133. The summed E-state index contributed by atoms with van der Waals surface area (Å²) in [6.07, 6.45) is 0.198. The van der Waals surface area contributed by atoms with Crippen LogP contribution in [0.15, 0.2) is 60.7 Å². The monoisotopic (exact) mass is 374 g/mol. The molecule has 1 atom stereocenters. The number of aryl methyl sites for hydroxylation is 1. The molecule has 28 heavy (non-hydrogen) atoms. The topological polar surface area (TPSA) is 58.6 Å². The first kappa shape index (κ1) is 18.0. The lowest BCUT2D eigenvalue weighted by Gasteiger charge is -2.19. The quantitative estimate of drug-likeness (QED) is 0.746. The van der Waals surface area contributed by atoms with Crippen LogP contribution in [0.3, 0.4) is 0 Å². The van der Waals surface area contributed by atoms with Crippen LogP contribution in [0.25, 0.3) is 10.8 Å². The van der Waals surface area contributed by atoms with Crippen molar-refractivity contribution in [3.05, 3.63) is 66.2 Å². The first-order valence-electron chi connectivity index (χ1n) is 9.30. The maximum Gasteiger partial charge on any atom is 0.229 e. The summed E-state index contributed by atoms with van der Waals surface area (Å²) in [5, 5.41) is 5.02. The molecule has 3 aromatic rings. The van der Waals surface area contributed by atoms with Crippen molar-refractivity contribution in [2.75, 3.05) is 23.9 Å². The standard InChI is InChI=1S/C23H22N2O3/c1-15-10-11-21(28-2)19(12-15)24-23(27)17-13-22(26)25(14-17)20-9-5-7-16-6-3-4-8-18(16)20/h3-12,17H,13-14H2,1-2H3,(H,24,27). The molecule has 2 amide bonds. The van der Waals surface area contributed by atoms with Gasteiger partial charge < -0.3 is 15.0 Å². The number of fused-ring (bicyclic) bond motifs is 1. The van der Waals surface area contributed by atoms with Crippen LogP contribution in [0, 0.1) is 12.8 Å². The van der Waals surface area contributed by atoms with Gasteiger partial charge in [0.1, 0.15) is 5.75 Å². The van der Waals surface area contributed by atoms with Crippen molar-refractivity contribution in [2.24, 2.45) is 5.92 Å². The van der Waals surface area contributed by atoms with Crippen LogP contribution in [0.4, 0.5) is 11.4 Å². The summed E-state index contributed by atoms with van der Waals surface area (Å²) in [5.41, 5.74) is 2.51. The van der Waals surface area contributed by atoms with Gasteiger partial charge in [0.15, 0.2) is 0 Å². The van der Waals surface area contributed by atoms with Crippen LogP contribution >= 0.6 is 0 Å². The van der Waals surface area contributed by atoms with Crippen LogP contribution in [0.1, 0.15) is 12.0 Å². The fraction of sp³-hybridized carbons (Fsp3) is 0.217. The number of carbonyl (C=O) groups excluding carboxylic acids is 2. The number of nitrogens with one attached hydrogen (secondary N) is 1. The van der Waals surface area contributed by atoms with E-state index in [1.807, 2.05) is 67.6 Å². The number of hydrogen-bond donors (Lipinski definition) is 1. The van der Waals surface area contributed by atoms with E-state index in [2.05, 4.69) is 5.32 Å². The molecule has 0 saturated carbocycles. The molecule has 0 aliphatic carbocycles. The molecule has 0 spiro atoms. The lowest BCUT2D eigenvalue weighted by Crippen LogP contribution is -2.28. The van der Waals surface area contributed by atoms with E-state index < -0.39 is 5.92 Å². The second kappa shape index (κ2) is 7.35. The summed E-state index contributed by atoms with van der Waals surface area (Å²) in [6, 6.07) is 19.5. The highest BCUT2D eigenvalue weighted by Crippen LogP contribution is 2.33. The van der Waals surface area contributed by atoms with Crippen molar-refractivity contribution in [2.45, 2.75) is 13.3 Å². The Morgan fingerprint density at radius 1 is 1.11 bits per heavy atom. The van der Waals surface area contributed by atoms with Crippen LogP contribution < -0.4 is 15.0 Å². The number of carbonyl (C=O) groups is 2. The first-order chi connectivity index (χ1) is 13.6. The van der Waals surface area contributed by atoms with Gasteiger partial charge >= 0.3 is 0 Å². The zero-order valence-corrected chi connectivity index (χ0v) is 15.9. The molecule has 1 saturated heterocycles. The van der Waals surface area contributed by atoms with Crippen molar-refractivity contribution in [1.82, 2.24) is 0 Å². The van der Waals surface area contributed by atoms with E-state index in [9.17, 15) is 9.59 Å². The summed E-state index contributed by atoms with van der Waals surface area (Å²) >= 11 is 0. The molecular formula is C23H22N2O3. The minimum atomic E-state index is -0.406. The molecule has 1 unspecified atom stereocenters. The van der Waals surface area contributed by atoms with Crippen molar-refractivity contribution < 1.29 is 14.3 Å². The molecule has 1 aliphatic rings. The van der Waals surface area contributed by atoms with Crippen LogP contribution in [-0.2, 0) is 9.59 Å².